The van der Waals surface area contributed by atoms with Crippen molar-refractivity contribution in [2.24, 2.45) is 5.73 Å². The molecule has 1 unspecified atom stereocenters. The molecule has 0 aliphatic carbocycles. The van der Waals surface area contributed by atoms with Crippen LogP contribution in [0.25, 0.3) is 0 Å². The lowest BCUT2D eigenvalue weighted by Crippen LogP contribution is -2.39. The van der Waals surface area contributed by atoms with Crippen molar-refractivity contribution >= 4 is 11.8 Å². The molecule has 0 heterocycles. The number of rotatable bonds is 7. The minimum absolute atomic E-state index is 0.167. The normalized spacial score (nSPS) is 14.5. The monoisotopic (exact) mass is 275 g/mol. The van der Waals surface area contributed by atoms with Crippen LogP contribution in [0.1, 0.15) is 18.4 Å². The van der Waals surface area contributed by atoms with Crippen molar-refractivity contribution in [3.05, 3.63) is 35.4 Å². The Balaban J connectivity index is 3.01. The fourth-order valence-corrected chi connectivity index (χ4v) is 2.45. The molecule has 0 aliphatic heterocycles. The molecule has 0 aromatic heterocycles. The maximum atomic E-state index is 13.3. The summed E-state index contributed by atoms with van der Waals surface area (Å²) in [6.45, 7) is -0.0401. The standard InChI is InChI=1S/C13H19F2NOS/c1-18-4-2-3-13(8-16,9-17)10-5-11(14)7-12(15)6-10/h5-7,17H,2-4,8-9,16H2,1H3. The number of aliphatic hydroxyl groups is 1. The minimum atomic E-state index is -0.751. The lowest BCUT2D eigenvalue weighted by atomic mass is 9.77. The third-order valence-electron chi connectivity index (χ3n) is 3.17. The van der Waals surface area contributed by atoms with Gasteiger partial charge in [-0.25, -0.2) is 8.78 Å². The maximum absolute atomic E-state index is 13.3. The quantitative estimate of drug-likeness (QED) is 0.751. The highest BCUT2D eigenvalue weighted by atomic mass is 32.2. The van der Waals surface area contributed by atoms with Gasteiger partial charge in [-0.15, -0.1) is 0 Å². The molecule has 102 valence electrons. The molecule has 0 spiro atoms. The summed E-state index contributed by atoms with van der Waals surface area (Å²) >= 11 is 1.69. The second-order valence-electron chi connectivity index (χ2n) is 4.40. The van der Waals surface area contributed by atoms with Crippen molar-refractivity contribution in [2.45, 2.75) is 18.3 Å². The van der Waals surface area contributed by atoms with Gasteiger partial charge >= 0.3 is 0 Å². The molecule has 0 saturated carbocycles. The van der Waals surface area contributed by atoms with Crippen molar-refractivity contribution < 1.29 is 13.9 Å². The molecule has 0 radical (unpaired) electrons. The molecule has 1 rings (SSSR count). The molecule has 0 aliphatic rings. The number of hydrogen-bond donors (Lipinski definition) is 2. The van der Waals surface area contributed by atoms with Crippen molar-refractivity contribution in [3.63, 3.8) is 0 Å². The molecule has 2 nitrogen and oxygen atoms in total. The molecule has 0 fully saturated rings. The van der Waals surface area contributed by atoms with Crippen LogP contribution in [0.4, 0.5) is 8.78 Å². The summed E-state index contributed by atoms with van der Waals surface area (Å²) in [5, 5.41) is 9.58. The third kappa shape index (κ3) is 3.67. The molecule has 0 amide bonds. The van der Waals surface area contributed by atoms with E-state index < -0.39 is 17.0 Å². The first-order chi connectivity index (χ1) is 8.57. The van der Waals surface area contributed by atoms with Gasteiger partial charge < -0.3 is 10.8 Å². The Bertz CT molecular complexity index is 363. The van der Waals surface area contributed by atoms with Gasteiger partial charge in [-0.2, -0.15) is 11.8 Å². The average Bonchev–Trinajstić information content (AvgIpc) is 2.34. The van der Waals surface area contributed by atoms with E-state index >= 15 is 0 Å². The van der Waals surface area contributed by atoms with E-state index in [1.54, 1.807) is 11.8 Å². The van der Waals surface area contributed by atoms with Crippen molar-refractivity contribution in [3.8, 4) is 0 Å². The van der Waals surface area contributed by atoms with Crippen LogP contribution >= 0.6 is 11.8 Å². The molecule has 0 bridgehead atoms. The number of aliphatic hydroxyl groups excluding tert-OH is 1. The summed E-state index contributed by atoms with van der Waals surface area (Å²) in [6, 6.07) is 3.33. The summed E-state index contributed by atoms with van der Waals surface area (Å²) in [7, 11) is 0. The number of hydrogen-bond acceptors (Lipinski definition) is 3. The van der Waals surface area contributed by atoms with Gasteiger partial charge in [0.15, 0.2) is 0 Å². The first-order valence-electron chi connectivity index (χ1n) is 5.84. The molecule has 5 heteroatoms. The van der Waals surface area contributed by atoms with Crippen LogP contribution in [0.3, 0.4) is 0 Å². The fraction of sp³-hybridized carbons (Fsp3) is 0.538. The van der Waals surface area contributed by atoms with Crippen molar-refractivity contribution in [1.29, 1.82) is 0 Å². The Morgan fingerprint density at radius 2 is 1.89 bits per heavy atom. The highest BCUT2D eigenvalue weighted by Gasteiger charge is 2.30. The second-order valence-corrected chi connectivity index (χ2v) is 5.38. The van der Waals surface area contributed by atoms with E-state index in [1.807, 2.05) is 6.26 Å². The highest BCUT2D eigenvalue weighted by Crippen LogP contribution is 2.30. The van der Waals surface area contributed by atoms with Crippen LogP contribution in [0.15, 0.2) is 18.2 Å². The highest BCUT2D eigenvalue weighted by molar-refractivity contribution is 7.98. The topological polar surface area (TPSA) is 46.2 Å². The average molecular weight is 275 g/mol. The van der Waals surface area contributed by atoms with E-state index in [0.717, 1.165) is 18.2 Å². The van der Waals surface area contributed by atoms with Crippen LogP contribution in [0.2, 0.25) is 0 Å². The number of benzene rings is 1. The summed E-state index contributed by atoms with van der Waals surface area (Å²) in [5.74, 6) is -0.346. The summed E-state index contributed by atoms with van der Waals surface area (Å²) in [5.41, 5.74) is 5.41. The first-order valence-corrected chi connectivity index (χ1v) is 7.24. The molecule has 0 saturated heterocycles. The SMILES string of the molecule is CSCCCC(CN)(CO)c1cc(F)cc(F)c1. The van der Waals surface area contributed by atoms with E-state index in [0.29, 0.717) is 12.0 Å². The van der Waals surface area contributed by atoms with E-state index in [1.165, 1.54) is 12.1 Å². The van der Waals surface area contributed by atoms with E-state index in [2.05, 4.69) is 0 Å². The lowest BCUT2D eigenvalue weighted by Gasteiger charge is -2.31. The minimum Gasteiger partial charge on any atom is -0.395 e. The predicted molar refractivity (Wildman–Crippen MR) is 71.8 cm³/mol. The number of halogens is 2. The predicted octanol–water partition coefficient (Wildman–Crippen LogP) is 2.30. The molecule has 3 N–H and O–H groups in total. The lowest BCUT2D eigenvalue weighted by molar-refractivity contribution is 0.187. The Morgan fingerprint density at radius 1 is 1.28 bits per heavy atom. The van der Waals surface area contributed by atoms with Crippen LogP contribution < -0.4 is 5.73 Å². The number of nitrogens with two attached hydrogens (primary N) is 1. The van der Waals surface area contributed by atoms with E-state index in [9.17, 15) is 13.9 Å². The molecular formula is C13H19F2NOS. The Kier molecular flexibility index (Phi) is 6.05. The number of thioether (sulfide) groups is 1. The molecule has 1 atom stereocenters. The molecule has 1 aromatic rings. The van der Waals surface area contributed by atoms with Gasteiger partial charge in [0.05, 0.1) is 6.61 Å². The maximum Gasteiger partial charge on any atom is 0.126 e. The summed E-state index contributed by atoms with van der Waals surface area (Å²) in [6.07, 6.45) is 3.45. The van der Waals surface area contributed by atoms with E-state index in [4.69, 9.17) is 5.73 Å². The zero-order valence-corrected chi connectivity index (χ0v) is 11.3. The second kappa shape index (κ2) is 7.07. The van der Waals surface area contributed by atoms with Gasteiger partial charge in [0, 0.05) is 18.0 Å². The van der Waals surface area contributed by atoms with Gasteiger partial charge in [0.2, 0.25) is 0 Å². The molecule has 18 heavy (non-hydrogen) atoms. The largest absolute Gasteiger partial charge is 0.395 e. The van der Waals surface area contributed by atoms with Crippen LogP contribution in [0, 0.1) is 11.6 Å². The van der Waals surface area contributed by atoms with Gasteiger partial charge in [-0.05, 0) is 42.5 Å². The Hall–Kier alpha value is -0.650. The van der Waals surface area contributed by atoms with Crippen molar-refractivity contribution in [2.75, 3.05) is 25.2 Å². The molecule has 1 aromatic carbocycles. The van der Waals surface area contributed by atoms with Gasteiger partial charge in [-0.1, -0.05) is 0 Å². The smallest absolute Gasteiger partial charge is 0.126 e. The van der Waals surface area contributed by atoms with Crippen molar-refractivity contribution in [1.82, 2.24) is 0 Å². The fourth-order valence-electron chi connectivity index (χ4n) is 2.01. The first kappa shape index (κ1) is 15.4. The Morgan fingerprint density at radius 3 is 2.33 bits per heavy atom. The van der Waals surface area contributed by atoms with Gasteiger partial charge in [0.1, 0.15) is 11.6 Å². The Labute approximate surface area is 111 Å². The van der Waals surface area contributed by atoms with Crippen LogP contribution in [0.5, 0.6) is 0 Å². The van der Waals surface area contributed by atoms with Crippen LogP contribution in [-0.4, -0.2) is 30.3 Å². The van der Waals surface area contributed by atoms with Gasteiger partial charge in [0.25, 0.3) is 0 Å². The molecular weight excluding hydrogens is 256 g/mol. The summed E-state index contributed by atoms with van der Waals surface area (Å²) < 4.78 is 26.5. The van der Waals surface area contributed by atoms with Crippen LogP contribution in [-0.2, 0) is 5.41 Å². The van der Waals surface area contributed by atoms with Gasteiger partial charge in [-0.3, -0.25) is 0 Å². The van der Waals surface area contributed by atoms with E-state index in [-0.39, 0.29) is 13.2 Å². The zero-order chi connectivity index (χ0) is 13.6. The zero-order valence-electron chi connectivity index (χ0n) is 10.5. The third-order valence-corrected chi connectivity index (χ3v) is 3.87. The summed E-state index contributed by atoms with van der Waals surface area (Å²) in [4.78, 5) is 0.